The molecule has 0 atom stereocenters. The third-order valence-electron chi connectivity index (χ3n) is 4.31. The molecule has 0 spiro atoms. The highest BCUT2D eigenvalue weighted by Crippen LogP contribution is 2.14. The van der Waals surface area contributed by atoms with E-state index >= 15 is 0 Å². The lowest BCUT2D eigenvalue weighted by Gasteiger charge is -2.34. The van der Waals surface area contributed by atoms with Gasteiger partial charge in [-0.2, -0.15) is 0 Å². The molecular weight excluding hydrogens is 290 g/mol. The summed E-state index contributed by atoms with van der Waals surface area (Å²) in [4.78, 5) is 18.7. The van der Waals surface area contributed by atoms with Crippen LogP contribution < -0.4 is 16.0 Å². The topological polar surface area (TPSA) is 68.8 Å². The molecule has 0 aromatic carbocycles. The Balaban J connectivity index is 2.39. The SMILES string of the molecule is CN=C(NCC(C)(C)C(=O)NC)NC1CCN(CC(C)C)CC1. The van der Waals surface area contributed by atoms with Crippen LogP contribution in [0.4, 0.5) is 0 Å². The van der Waals surface area contributed by atoms with Crippen molar-refractivity contribution < 1.29 is 4.79 Å². The molecular formula is C17H35N5O. The van der Waals surface area contributed by atoms with Gasteiger partial charge in [0.1, 0.15) is 0 Å². The number of rotatable bonds is 6. The zero-order valence-electron chi connectivity index (χ0n) is 15.7. The highest BCUT2D eigenvalue weighted by atomic mass is 16.2. The Kier molecular flexibility index (Phi) is 7.82. The number of hydrogen-bond donors (Lipinski definition) is 3. The number of carbonyl (C=O) groups excluding carboxylic acids is 1. The van der Waals surface area contributed by atoms with E-state index in [1.165, 1.54) is 6.54 Å². The van der Waals surface area contributed by atoms with E-state index < -0.39 is 5.41 Å². The van der Waals surface area contributed by atoms with Gasteiger partial charge in [-0.15, -0.1) is 0 Å². The molecule has 134 valence electrons. The van der Waals surface area contributed by atoms with Crippen LogP contribution in [0.3, 0.4) is 0 Å². The fourth-order valence-electron chi connectivity index (χ4n) is 2.89. The molecule has 1 aliphatic rings. The van der Waals surface area contributed by atoms with Crippen molar-refractivity contribution in [1.82, 2.24) is 20.9 Å². The summed E-state index contributed by atoms with van der Waals surface area (Å²) in [6, 6.07) is 0.452. The predicted octanol–water partition coefficient (Wildman–Crippen LogP) is 1.04. The summed E-state index contributed by atoms with van der Waals surface area (Å²) in [5.74, 6) is 1.53. The van der Waals surface area contributed by atoms with Crippen molar-refractivity contribution in [1.29, 1.82) is 0 Å². The Morgan fingerprint density at radius 1 is 1.30 bits per heavy atom. The lowest BCUT2D eigenvalue weighted by molar-refractivity contribution is -0.128. The third-order valence-corrected chi connectivity index (χ3v) is 4.31. The molecule has 0 aromatic heterocycles. The molecule has 1 saturated heterocycles. The number of nitrogens with zero attached hydrogens (tertiary/aromatic N) is 2. The average Bonchev–Trinajstić information content (AvgIpc) is 2.51. The second kappa shape index (κ2) is 9.11. The van der Waals surface area contributed by atoms with Crippen molar-refractivity contribution in [3.8, 4) is 0 Å². The van der Waals surface area contributed by atoms with Crippen LogP contribution >= 0.6 is 0 Å². The first-order chi connectivity index (χ1) is 10.8. The number of piperidine rings is 1. The van der Waals surface area contributed by atoms with Gasteiger partial charge in [0, 0.05) is 46.3 Å². The van der Waals surface area contributed by atoms with E-state index in [1.807, 2.05) is 13.8 Å². The van der Waals surface area contributed by atoms with Crippen LogP contribution in [0.15, 0.2) is 4.99 Å². The molecule has 3 N–H and O–H groups in total. The number of likely N-dealkylation sites (tertiary alicyclic amines) is 1. The maximum absolute atomic E-state index is 11.8. The fourth-order valence-corrected chi connectivity index (χ4v) is 2.89. The Labute approximate surface area is 141 Å². The van der Waals surface area contributed by atoms with E-state index in [2.05, 4.69) is 39.7 Å². The molecule has 1 heterocycles. The first-order valence-electron chi connectivity index (χ1n) is 8.70. The third kappa shape index (κ3) is 6.77. The first-order valence-corrected chi connectivity index (χ1v) is 8.70. The normalized spacial score (nSPS) is 18.1. The number of nitrogens with one attached hydrogen (secondary N) is 3. The van der Waals surface area contributed by atoms with E-state index in [0.717, 1.165) is 37.8 Å². The average molecular weight is 326 g/mol. The van der Waals surface area contributed by atoms with Gasteiger partial charge in [-0.05, 0) is 32.6 Å². The fraction of sp³-hybridized carbons (Fsp3) is 0.882. The summed E-state index contributed by atoms with van der Waals surface area (Å²) in [6.07, 6.45) is 2.26. The van der Waals surface area contributed by atoms with Gasteiger partial charge < -0.3 is 20.9 Å². The van der Waals surface area contributed by atoms with Crippen molar-refractivity contribution in [3.05, 3.63) is 0 Å². The van der Waals surface area contributed by atoms with Crippen LogP contribution in [-0.2, 0) is 4.79 Å². The van der Waals surface area contributed by atoms with Crippen LogP contribution in [0.25, 0.3) is 0 Å². The summed E-state index contributed by atoms with van der Waals surface area (Å²) >= 11 is 0. The lowest BCUT2D eigenvalue weighted by atomic mass is 9.92. The zero-order chi connectivity index (χ0) is 17.5. The molecule has 6 nitrogen and oxygen atoms in total. The molecule has 1 fully saturated rings. The van der Waals surface area contributed by atoms with Crippen LogP contribution in [0.2, 0.25) is 0 Å². The number of aliphatic imine (C=N–C) groups is 1. The predicted molar refractivity (Wildman–Crippen MR) is 96.6 cm³/mol. The van der Waals surface area contributed by atoms with Gasteiger partial charge in [0.25, 0.3) is 0 Å². The summed E-state index contributed by atoms with van der Waals surface area (Å²) in [5, 5.41) is 9.47. The van der Waals surface area contributed by atoms with Gasteiger partial charge in [0.2, 0.25) is 5.91 Å². The van der Waals surface area contributed by atoms with Gasteiger partial charge in [0.05, 0.1) is 5.41 Å². The largest absolute Gasteiger partial charge is 0.359 e. The maximum atomic E-state index is 11.8. The Bertz CT molecular complexity index is 398. The lowest BCUT2D eigenvalue weighted by Crippen LogP contribution is -2.52. The molecule has 6 heteroatoms. The number of amides is 1. The molecule has 1 amide bonds. The first kappa shape index (κ1) is 19.7. The van der Waals surface area contributed by atoms with Gasteiger partial charge in [-0.3, -0.25) is 9.79 Å². The molecule has 0 radical (unpaired) electrons. The minimum Gasteiger partial charge on any atom is -0.359 e. The van der Waals surface area contributed by atoms with Crippen molar-refractivity contribution in [3.63, 3.8) is 0 Å². The van der Waals surface area contributed by atoms with Gasteiger partial charge in [-0.1, -0.05) is 13.8 Å². The number of hydrogen-bond acceptors (Lipinski definition) is 3. The monoisotopic (exact) mass is 325 g/mol. The van der Waals surface area contributed by atoms with Gasteiger partial charge >= 0.3 is 0 Å². The molecule has 1 aliphatic heterocycles. The molecule has 1 rings (SSSR count). The summed E-state index contributed by atoms with van der Waals surface area (Å²) < 4.78 is 0. The molecule has 23 heavy (non-hydrogen) atoms. The quantitative estimate of drug-likeness (QED) is 0.504. The van der Waals surface area contributed by atoms with Crippen LogP contribution in [0.1, 0.15) is 40.5 Å². The smallest absolute Gasteiger partial charge is 0.227 e. The molecule has 0 unspecified atom stereocenters. The second-order valence-corrected chi connectivity index (χ2v) is 7.50. The Morgan fingerprint density at radius 2 is 1.91 bits per heavy atom. The summed E-state index contributed by atoms with van der Waals surface area (Å²) in [5.41, 5.74) is -0.465. The van der Waals surface area contributed by atoms with Crippen molar-refractivity contribution in [2.75, 3.05) is 40.3 Å². The van der Waals surface area contributed by atoms with Gasteiger partial charge in [-0.25, -0.2) is 0 Å². The molecule has 0 aliphatic carbocycles. The molecule has 0 saturated carbocycles. The van der Waals surface area contributed by atoms with Crippen LogP contribution in [0.5, 0.6) is 0 Å². The van der Waals surface area contributed by atoms with Crippen molar-refractivity contribution in [2.45, 2.75) is 46.6 Å². The van der Waals surface area contributed by atoms with Crippen molar-refractivity contribution >= 4 is 11.9 Å². The van der Waals surface area contributed by atoms with Gasteiger partial charge in [0.15, 0.2) is 5.96 Å². The number of carbonyl (C=O) groups is 1. The Hall–Kier alpha value is -1.30. The zero-order valence-corrected chi connectivity index (χ0v) is 15.7. The van der Waals surface area contributed by atoms with E-state index in [9.17, 15) is 4.79 Å². The van der Waals surface area contributed by atoms with E-state index in [-0.39, 0.29) is 5.91 Å². The maximum Gasteiger partial charge on any atom is 0.227 e. The molecule has 0 aromatic rings. The number of guanidine groups is 1. The van der Waals surface area contributed by atoms with E-state index in [0.29, 0.717) is 12.6 Å². The Morgan fingerprint density at radius 3 is 2.39 bits per heavy atom. The highest BCUT2D eigenvalue weighted by Gasteiger charge is 2.27. The summed E-state index contributed by atoms with van der Waals surface area (Å²) in [7, 11) is 3.44. The van der Waals surface area contributed by atoms with Crippen LogP contribution in [-0.4, -0.2) is 63.1 Å². The van der Waals surface area contributed by atoms with E-state index in [4.69, 9.17) is 0 Å². The standard InChI is InChI=1S/C17H35N5O/c1-13(2)11-22-9-7-14(8-10-22)21-16(19-6)20-12-17(3,4)15(23)18-5/h13-14H,7-12H2,1-6H3,(H,18,23)(H2,19,20,21). The minimum atomic E-state index is -0.465. The van der Waals surface area contributed by atoms with Crippen molar-refractivity contribution in [2.24, 2.45) is 16.3 Å². The second-order valence-electron chi connectivity index (χ2n) is 7.50. The highest BCUT2D eigenvalue weighted by molar-refractivity contribution is 5.84. The van der Waals surface area contributed by atoms with E-state index in [1.54, 1.807) is 14.1 Å². The molecule has 0 bridgehead atoms. The minimum absolute atomic E-state index is 0.0300. The summed E-state index contributed by atoms with van der Waals surface area (Å²) in [6.45, 7) is 12.4. The van der Waals surface area contributed by atoms with Crippen LogP contribution in [0, 0.1) is 11.3 Å².